The summed E-state index contributed by atoms with van der Waals surface area (Å²) < 4.78 is 9.88. The van der Waals surface area contributed by atoms with Gasteiger partial charge in [0.2, 0.25) is 0 Å². The van der Waals surface area contributed by atoms with Crippen LogP contribution in [0.1, 0.15) is 10.4 Å². The zero-order valence-electron chi connectivity index (χ0n) is 9.09. The molecule has 0 radical (unpaired) electrons. The molecule has 5 heteroatoms. The van der Waals surface area contributed by atoms with Crippen LogP contribution in [0.4, 0.5) is 0 Å². The van der Waals surface area contributed by atoms with E-state index in [0.717, 1.165) is 6.08 Å². The summed E-state index contributed by atoms with van der Waals surface area (Å²) in [5.41, 5.74) is 0.190. The van der Waals surface area contributed by atoms with Crippen molar-refractivity contribution in [2.45, 2.75) is 0 Å². The molecule has 1 N–H and O–H groups in total. The molecule has 0 amide bonds. The second-order valence-corrected chi connectivity index (χ2v) is 3.06. The quantitative estimate of drug-likeness (QED) is 0.349. The van der Waals surface area contributed by atoms with E-state index < -0.39 is 5.97 Å². The number of phenols is 1. The smallest absolute Gasteiger partial charge is 0.330 e. The predicted molar refractivity (Wildman–Crippen MR) is 60.1 cm³/mol. The number of esters is 1. The third kappa shape index (κ3) is 3.98. The first-order valence-corrected chi connectivity index (χ1v) is 4.87. The molecule has 5 nitrogen and oxygen atoms in total. The number of ether oxygens (including phenoxy) is 2. The van der Waals surface area contributed by atoms with Gasteiger partial charge < -0.3 is 14.6 Å². The van der Waals surface area contributed by atoms with Gasteiger partial charge in [-0.2, -0.15) is 0 Å². The number of hydrogen-bond donors (Lipinski definition) is 1. The van der Waals surface area contributed by atoms with Gasteiger partial charge in [-0.05, 0) is 12.1 Å². The molecule has 0 aliphatic rings. The number of carbonyl (C=O) groups is 2. The van der Waals surface area contributed by atoms with Gasteiger partial charge in [-0.15, -0.1) is 0 Å². The summed E-state index contributed by atoms with van der Waals surface area (Å²) in [6.07, 6.45) is 1.61. The summed E-state index contributed by atoms with van der Waals surface area (Å²) in [6.45, 7) is 3.48. The van der Waals surface area contributed by atoms with Crippen molar-refractivity contribution in [2.24, 2.45) is 0 Å². The zero-order chi connectivity index (χ0) is 12.7. The summed E-state index contributed by atoms with van der Waals surface area (Å²) in [5.74, 6) is -0.281. The Labute approximate surface area is 98.3 Å². The van der Waals surface area contributed by atoms with Crippen molar-refractivity contribution >= 4 is 12.3 Å². The maximum Gasteiger partial charge on any atom is 0.330 e. The lowest BCUT2D eigenvalue weighted by atomic mass is 10.2. The van der Waals surface area contributed by atoms with Crippen LogP contribution < -0.4 is 4.74 Å². The summed E-state index contributed by atoms with van der Waals surface area (Å²) in [5, 5.41) is 9.36. The Morgan fingerprint density at radius 1 is 1.41 bits per heavy atom. The molecule has 0 bridgehead atoms. The van der Waals surface area contributed by atoms with E-state index in [0.29, 0.717) is 12.0 Å². The van der Waals surface area contributed by atoms with Crippen molar-refractivity contribution in [3.8, 4) is 11.5 Å². The van der Waals surface area contributed by atoms with Crippen LogP contribution in [0, 0.1) is 0 Å². The van der Waals surface area contributed by atoms with Crippen molar-refractivity contribution in [1.82, 2.24) is 0 Å². The highest BCUT2D eigenvalue weighted by Crippen LogP contribution is 2.21. The van der Waals surface area contributed by atoms with Crippen molar-refractivity contribution in [1.29, 1.82) is 0 Å². The van der Waals surface area contributed by atoms with E-state index in [2.05, 4.69) is 11.3 Å². The van der Waals surface area contributed by atoms with E-state index in [-0.39, 0.29) is 24.5 Å². The van der Waals surface area contributed by atoms with Crippen LogP contribution in [0.2, 0.25) is 0 Å². The number of hydrogen-bond acceptors (Lipinski definition) is 5. The molecule has 1 rings (SSSR count). The topological polar surface area (TPSA) is 72.8 Å². The van der Waals surface area contributed by atoms with Crippen LogP contribution in [0.15, 0.2) is 30.9 Å². The molecule has 0 aliphatic carbocycles. The van der Waals surface area contributed by atoms with Gasteiger partial charge in [-0.1, -0.05) is 6.58 Å². The van der Waals surface area contributed by atoms with Gasteiger partial charge in [0.25, 0.3) is 0 Å². The van der Waals surface area contributed by atoms with Crippen molar-refractivity contribution in [2.75, 3.05) is 13.2 Å². The molecular formula is C12H12O5. The molecule has 0 saturated carbocycles. The number of rotatable bonds is 6. The Kier molecular flexibility index (Phi) is 4.75. The van der Waals surface area contributed by atoms with E-state index in [1.54, 1.807) is 6.07 Å². The lowest BCUT2D eigenvalue weighted by Gasteiger charge is -2.07. The fourth-order valence-corrected chi connectivity index (χ4v) is 1.07. The second kappa shape index (κ2) is 6.32. The Morgan fingerprint density at radius 2 is 2.18 bits per heavy atom. The fraction of sp³-hybridized carbons (Fsp3) is 0.167. The summed E-state index contributed by atoms with van der Waals surface area (Å²) in [4.78, 5) is 21.1. The van der Waals surface area contributed by atoms with E-state index in [9.17, 15) is 14.7 Å². The molecule has 0 aliphatic heterocycles. The van der Waals surface area contributed by atoms with Gasteiger partial charge >= 0.3 is 5.97 Å². The van der Waals surface area contributed by atoms with E-state index in [4.69, 9.17) is 4.74 Å². The second-order valence-electron chi connectivity index (χ2n) is 3.06. The van der Waals surface area contributed by atoms with Crippen LogP contribution in [0.25, 0.3) is 0 Å². The fourth-order valence-electron chi connectivity index (χ4n) is 1.07. The molecule has 1 aromatic rings. The highest BCUT2D eigenvalue weighted by Gasteiger charge is 2.02. The van der Waals surface area contributed by atoms with Crippen LogP contribution in [0.5, 0.6) is 11.5 Å². The molecule has 0 spiro atoms. The van der Waals surface area contributed by atoms with Gasteiger partial charge in [0.15, 0.2) is 6.29 Å². The van der Waals surface area contributed by atoms with Gasteiger partial charge in [0, 0.05) is 12.1 Å². The number of phenolic OH excluding ortho intramolecular Hbond substituents is 1. The molecule has 90 valence electrons. The predicted octanol–water partition coefficient (Wildman–Crippen LogP) is 1.31. The Bertz CT molecular complexity index is 425. The van der Waals surface area contributed by atoms with Crippen LogP contribution >= 0.6 is 0 Å². The van der Waals surface area contributed by atoms with E-state index in [1.165, 1.54) is 12.1 Å². The monoisotopic (exact) mass is 236 g/mol. The molecule has 0 atom stereocenters. The maximum atomic E-state index is 10.7. The average Bonchev–Trinajstić information content (AvgIpc) is 2.34. The molecule has 0 fully saturated rings. The number of aromatic hydroxyl groups is 1. The molecule has 0 saturated heterocycles. The van der Waals surface area contributed by atoms with Crippen LogP contribution in [0.3, 0.4) is 0 Å². The van der Waals surface area contributed by atoms with Crippen LogP contribution in [-0.4, -0.2) is 30.6 Å². The number of aldehydes is 1. The van der Waals surface area contributed by atoms with Gasteiger partial charge in [0.05, 0.1) is 5.56 Å². The first-order valence-electron chi connectivity index (χ1n) is 4.87. The molecule has 0 heterocycles. The molecule has 0 unspecified atom stereocenters. The number of benzene rings is 1. The highest BCUT2D eigenvalue weighted by atomic mass is 16.6. The minimum Gasteiger partial charge on any atom is -0.507 e. The van der Waals surface area contributed by atoms with Gasteiger partial charge in [-0.25, -0.2) is 4.79 Å². The summed E-state index contributed by atoms with van der Waals surface area (Å²) in [6, 6.07) is 4.30. The third-order valence-corrected chi connectivity index (χ3v) is 1.89. The van der Waals surface area contributed by atoms with Gasteiger partial charge in [-0.3, -0.25) is 4.79 Å². The molecule has 0 aromatic heterocycles. The normalized spacial score (nSPS) is 9.41. The van der Waals surface area contributed by atoms with Crippen LogP contribution in [-0.2, 0) is 9.53 Å². The minimum absolute atomic E-state index is 0.0844. The summed E-state index contributed by atoms with van der Waals surface area (Å²) >= 11 is 0. The molecule has 1 aromatic carbocycles. The van der Waals surface area contributed by atoms with E-state index >= 15 is 0 Å². The highest BCUT2D eigenvalue weighted by molar-refractivity contribution is 5.81. The Morgan fingerprint density at radius 3 is 2.76 bits per heavy atom. The minimum atomic E-state index is -0.521. The van der Waals surface area contributed by atoms with Crippen molar-refractivity contribution < 1.29 is 24.2 Å². The zero-order valence-corrected chi connectivity index (χ0v) is 9.09. The standard InChI is InChI=1S/C12H12O5/c1-2-12(15)17-6-5-16-10-4-3-9(8-13)11(14)7-10/h2-4,7-8,14H,1,5-6H2. The first-order chi connectivity index (χ1) is 8.17. The Hall–Kier alpha value is -2.30. The molecule has 17 heavy (non-hydrogen) atoms. The van der Waals surface area contributed by atoms with Gasteiger partial charge in [0.1, 0.15) is 24.7 Å². The SMILES string of the molecule is C=CC(=O)OCCOc1ccc(C=O)c(O)c1. The lowest BCUT2D eigenvalue weighted by molar-refractivity contribution is -0.138. The Balaban J connectivity index is 2.42. The van der Waals surface area contributed by atoms with E-state index in [1.807, 2.05) is 0 Å². The molecular weight excluding hydrogens is 224 g/mol. The largest absolute Gasteiger partial charge is 0.507 e. The summed E-state index contributed by atoms with van der Waals surface area (Å²) in [7, 11) is 0. The third-order valence-electron chi connectivity index (χ3n) is 1.89. The van der Waals surface area contributed by atoms with Crippen molar-refractivity contribution in [3.63, 3.8) is 0 Å². The average molecular weight is 236 g/mol. The number of carbonyl (C=O) groups excluding carboxylic acids is 2. The maximum absolute atomic E-state index is 10.7. The lowest BCUT2D eigenvalue weighted by Crippen LogP contribution is -2.10. The first kappa shape index (κ1) is 12.8. The van der Waals surface area contributed by atoms with Crippen molar-refractivity contribution in [3.05, 3.63) is 36.4 Å².